The summed E-state index contributed by atoms with van der Waals surface area (Å²) in [5, 5.41) is 4.17. The van der Waals surface area contributed by atoms with Gasteiger partial charge in [0.05, 0.1) is 0 Å². The number of piperidine rings is 1. The smallest absolute Gasteiger partial charge is 0.185 e. The molecule has 0 aliphatic carbocycles. The molecule has 0 radical (unpaired) electrons. The van der Waals surface area contributed by atoms with Crippen LogP contribution in [0.1, 0.15) is 19.3 Å². The maximum atomic E-state index is 13.1. The molecule has 6 nitrogen and oxygen atoms in total. The summed E-state index contributed by atoms with van der Waals surface area (Å²) in [4.78, 5) is 15.9. The molecule has 0 atom stereocenters. The zero-order chi connectivity index (χ0) is 17.9. The molecule has 1 saturated heterocycles. The molecule has 0 spiro atoms. The van der Waals surface area contributed by atoms with Gasteiger partial charge in [-0.1, -0.05) is 17.8 Å². The van der Waals surface area contributed by atoms with Crippen LogP contribution in [0.25, 0.3) is 21.7 Å². The van der Waals surface area contributed by atoms with Gasteiger partial charge in [0.15, 0.2) is 16.6 Å². The molecule has 3 heterocycles. The number of likely N-dealkylation sites (tertiary alicyclic amines) is 1. The number of fused-ring (bicyclic) bond motifs is 1. The Labute approximate surface area is 155 Å². The Morgan fingerprint density at radius 2 is 1.85 bits per heavy atom. The van der Waals surface area contributed by atoms with Gasteiger partial charge in [0.2, 0.25) is 0 Å². The van der Waals surface area contributed by atoms with Crippen LogP contribution in [0.15, 0.2) is 24.3 Å². The van der Waals surface area contributed by atoms with Crippen LogP contribution in [-0.2, 0) is 0 Å². The zero-order valence-electron chi connectivity index (χ0n) is 14.4. The Morgan fingerprint density at radius 3 is 2.62 bits per heavy atom. The predicted molar refractivity (Wildman–Crippen MR) is 104 cm³/mol. The lowest BCUT2D eigenvalue weighted by molar-refractivity contribution is 0.237. The van der Waals surface area contributed by atoms with Gasteiger partial charge in [-0.15, -0.1) is 0 Å². The summed E-state index contributed by atoms with van der Waals surface area (Å²) < 4.78 is 13.9. The Kier molecular flexibility index (Phi) is 4.94. The number of nitrogens with one attached hydrogen (secondary N) is 1. The van der Waals surface area contributed by atoms with Crippen molar-refractivity contribution in [3.8, 4) is 11.4 Å². The monoisotopic (exact) mass is 372 g/mol. The molecule has 0 saturated carbocycles. The summed E-state index contributed by atoms with van der Waals surface area (Å²) in [6.07, 6.45) is 3.93. The third-order valence-corrected chi connectivity index (χ3v) is 5.56. The Bertz CT molecular complexity index is 889. The van der Waals surface area contributed by atoms with E-state index < -0.39 is 0 Å². The van der Waals surface area contributed by atoms with E-state index in [2.05, 4.69) is 25.2 Å². The van der Waals surface area contributed by atoms with Crippen molar-refractivity contribution in [1.29, 1.82) is 0 Å². The highest BCUT2D eigenvalue weighted by molar-refractivity contribution is 7.22. The summed E-state index contributed by atoms with van der Waals surface area (Å²) in [6, 6.07) is 6.04. The first-order chi connectivity index (χ1) is 12.7. The fraction of sp³-hybridized carbons (Fsp3) is 0.389. The molecule has 3 aromatic rings. The van der Waals surface area contributed by atoms with Gasteiger partial charge >= 0.3 is 0 Å². The van der Waals surface area contributed by atoms with Crippen molar-refractivity contribution in [3.63, 3.8) is 0 Å². The van der Waals surface area contributed by atoms with Crippen molar-refractivity contribution in [1.82, 2.24) is 19.9 Å². The number of nitrogens with two attached hydrogens (primary N) is 1. The second-order valence-electron chi connectivity index (χ2n) is 6.44. The lowest BCUT2D eigenvalue weighted by Crippen LogP contribution is -2.33. The van der Waals surface area contributed by atoms with E-state index in [-0.39, 0.29) is 5.82 Å². The average Bonchev–Trinajstić information content (AvgIpc) is 3.07. The minimum atomic E-state index is -0.295. The molecule has 8 heteroatoms. The molecule has 2 aromatic heterocycles. The van der Waals surface area contributed by atoms with Crippen LogP contribution in [0.5, 0.6) is 0 Å². The lowest BCUT2D eigenvalue weighted by Gasteiger charge is -2.26. The van der Waals surface area contributed by atoms with Crippen LogP contribution in [0.3, 0.4) is 0 Å². The van der Waals surface area contributed by atoms with Crippen LogP contribution in [0.2, 0.25) is 0 Å². The van der Waals surface area contributed by atoms with Gasteiger partial charge < -0.3 is 16.0 Å². The summed E-state index contributed by atoms with van der Waals surface area (Å²) in [7, 11) is 0. The maximum absolute atomic E-state index is 13.1. The topological polar surface area (TPSA) is 80.0 Å². The highest BCUT2D eigenvalue weighted by Gasteiger charge is 2.14. The first kappa shape index (κ1) is 17.1. The van der Waals surface area contributed by atoms with E-state index in [4.69, 9.17) is 5.73 Å². The van der Waals surface area contributed by atoms with Gasteiger partial charge in [0, 0.05) is 18.7 Å². The molecule has 4 rings (SSSR count). The average molecular weight is 372 g/mol. The van der Waals surface area contributed by atoms with E-state index in [0.29, 0.717) is 22.9 Å². The molecule has 3 N–H and O–H groups in total. The minimum absolute atomic E-state index is 0.295. The molecule has 1 fully saturated rings. The van der Waals surface area contributed by atoms with Crippen molar-refractivity contribution in [2.24, 2.45) is 0 Å². The van der Waals surface area contributed by atoms with Crippen molar-refractivity contribution in [3.05, 3.63) is 30.1 Å². The van der Waals surface area contributed by atoms with E-state index in [1.807, 2.05) is 0 Å². The number of nitrogens with zero attached hydrogens (tertiary/aromatic N) is 4. The summed E-state index contributed by atoms with van der Waals surface area (Å²) in [5.74, 6) is 0.563. The highest BCUT2D eigenvalue weighted by Crippen LogP contribution is 2.30. The number of thiazole rings is 1. The second kappa shape index (κ2) is 7.51. The number of rotatable bonds is 5. The molecule has 136 valence electrons. The molecule has 0 bridgehead atoms. The molecule has 1 aliphatic heterocycles. The van der Waals surface area contributed by atoms with E-state index in [9.17, 15) is 4.39 Å². The minimum Gasteiger partial charge on any atom is -0.382 e. The largest absolute Gasteiger partial charge is 0.382 e. The summed E-state index contributed by atoms with van der Waals surface area (Å²) in [6.45, 7) is 4.22. The maximum Gasteiger partial charge on any atom is 0.185 e. The first-order valence-electron chi connectivity index (χ1n) is 8.85. The zero-order valence-corrected chi connectivity index (χ0v) is 15.2. The number of anilines is 2. The molecule has 0 unspecified atom stereocenters. The third kappa shape index (κ3) is 3.76. The van der Waals surface area contributed by atoms with Gasteiger partial charge in [-0.3, -0.25) is 0 Å². The number of hydrogen-bond donors (Lipinski definition) is 2. The van der Waals surface area contributed by atoms with Crippen LogP contribution in [0.4, 0.5) is 15.3 Å². The van der Waals surface area contributed by atoms with E-state index in [0.717, 1.165) is 22.9 Å². The SMILES string of the molecule is Nc1nc(-c2ccc(F)cc2)nc2nc(NCCN3CCCCC3)sc12. The molecular weight excluding hydrogens is 351 g/mol. The van der Waals surface area contributed by atoms with E-state index in [1.54, 1.807) is 12.1 Å². The van der Waals surface area contributed by atoms with Crippen molar-refractivity contribution in [2.75, 3.05) is 37.2 Å². The predicted octanol–water partition coefficient (Wildman–Crippen LogP) is 3.37. The number of halogens is 1. The Balaban J connectivity index is 1.49. The molecule has 26 heavy (non-hydrogen) atoms. The van der Waals surface area contributed by atoms with Gasteiger partial charge in [-0.2, -0.15) is 4.98 Å². The van der Waals surface area contributed by atoms with Gasteiger partial charge in [-0.25, -0.2) is 14.4 Å². The molecular formula is C18H21FN6S. The fourth-order valence-electron chi connectivity index (χ4n) is 3.15. The summed E-state index contributed by atoms with van der Waals surface area (Å²) >= 11 is 1.47. The number of nitrogen functional groups attached to an aromatic ring is 1. The summed E-state index contributed by atoms with van der Waals surface area (Å²) in [5.41, 5.74) is 7.38. The van der Waals surface area contributed by atoms with Crippen LogP contribution in [-0.4, -0.2) is 46.0 Å². The van der Waals surface area contributed by atoms with Crippen molar-refractivity contribution in [2.45, 2.75) is 19.3 Å². The third-order valence-electron chi connectivity index (χ3n) is 4.54. The normalized spacial score (nSPS) is 15.4. The van der Waals surface area contributed by atoms with Crippen LogP contribution < -0.4 is 11.1 Å². The number of benzene rings is 1. The first-order valence-corrected chi connectivity index (χ1v) is 9.67. The van der Waals surface area contributed by atoms with Crippen molar-refractivity contribution >= 4 is 32.6 Å². The van der Waals surface area contributed by atoms with Gasteiger partial charge in [-0.05, 0) is 50.2 Å². The molecule has 0 amide bonds. The molecule has 1 aromatic carbocycles. The Hall–Kier alpha value is -2.32. The second-order valence-corrected chi connectivity index (χ2v) is 7.44. The molecule has 1 aliphatic rings. The van der Waals surface area contributed by atoms with Gasteiger partial charge in [0.1, 0.15) is 16.3 Å². The van der Waals surface area contributed by atoms with Gasteiger partial charge in [0.25, 0.3) is 0 Å². The van der Waals surface area contributed by atoms with Crippen LogP contribution >= 0.6 is 11.3 Å². The number of hydrogen-bond acceptors (Lipinski definition) is 7. The lowest BCUT2D eigenvalue weighted by atomic mass is 10.1. The Morgan fingerprint density at radius 1 is 1.08 bits per heavy atom. The fourth-order valence-corrected chi connectivity index (χ4v) is 3.98. The van der Waals surface area contributed by atoms with E-state index >= 15 is 0 Å². The quantitative estimate of drug-likeness (QED) is 0.715. The van der Waals surface area contributed by atoms with Crippen molar-refractivity contribution < 1.29 is 4.39 Å². The van der Waals surface area contributed by atoms with E-state index in [1.165, 1.54) is 55.8 Å². The standard InChI is InChI=1S/C18H21FN6S/c19-13-6-4-12(5-7-13)16-22-15(20)14-17(23-16)24-18(26-14)21-8-11-25-9-2-1-3-10-25/h4-7H,1-3,8-11H2,(H3,20,21,22,23,24). The number of aromatic nitrogens is 3. The highest BCUT2D eigenvalue weighted by atomic mass is 32.1. The van der Waals surface area contributed by atoms with Crippen LogP contribution in [0, 0.1) is 5.82 Å².